The molecule has 0 N–H and O–H groups in total. The second-order valence-electron chi connectivity index (χ2n) is 8.55. The molecule has 7 rings (SSSR count). The van der Waals surface area contributed by atoms with E-state index in [1.54, 1.807) is 0 Å². The number of non-ortho nitro benzene ring substituents is 1. The molecule has 2 amide bonds. The van der Waals surface area contributed by atoms with E-state index in [2.05, 4.69) is 15.9 Å². The zero-order valence-corrected chi connectivity index (χ0v) is 18.6. The monoisotopic (exact) mass is 502 g/mol. The molecule has 1 aliphatic heterocycles. The number of carbonyl (C=O) groups excluding carboxylic acids is 3. The van der Waals surface area contributed by atoms with Crippen LogP contribution in [0.5, 0.6) is 0 Å². The molecule has 162 valence electrons. The summed E-state index contributed by atoms with van der Waals surface area (Å²) in [6.45, 7) is 0. The minimum atomic E-state index is -1.28. The van der Waals surface area contributed by atoms with Gasteiger partial charge in [0.05, 0.1) is 27.9 Å². The summed E-state index contributed by atoms with van der Waals surface area (Å²) >= 11 is 3.29. The summed E-state index contributed by atoms with van der Waals surface area (Å²) in [6.07, 6.45) is 0.817. The van der Waals surface area contributed by atoms with Gasteiger partial charge in [-0.15, -0.1) is 0 Å². The fourth-order valence-corrected chi connectivity index (χ4v) is 6.60. The lowest BCUT2D eigenvalue weighted by Gasteiger charge is -2.51. The first kappa shape index (κ1) is 20.0. The number of nitro groups is 1. The van der Waals surface area contributed by atoms with Crippen LogP contribution in [0.15, 0.2) is 71.2 Å². The van der Waals surface area contributed by atoms with Crippen LogP contribution in [-0.4, -0.2) is 23.0 Å². The highest BCUT2D eigenvalue weighted by atomic mass is 79.9. The molecule has 7 nitrogen and oxygen atoms in total. The summed E-state index contributed by atoms with van der Waals surface area (Å²) in [5.74, 6) is -2.86. The Kier molecular flexibility index (Phi) is 4.05. The number of nitro benzene ring substituents is 1. The maximum absolute atomic E-state index is 13.9. The van der Waals surface area contributed by atoms with Gasteiger partial charge in [-0.1, -0.05) is 48.5 Å². The van der Waals surface area contributed by atoms with E-state index < -0.39 is 34.0 Å². The van der Waals surface area contributed by atoms with Gasteiger partial charge in [0.15, 0.2) is 0 Å². The van der Waals surface area contributed by atoms with Crippen LogP contribution in [0.3, 0.4) is 0 Å². The second kappa shape index (κ2) is 6.68. The van der Waals surface area contributed by atoms with Crippen LogP contribution in [0.25, 0.3) is 0 Å². The second-order valence-corrected chi connectivity index (χ2v) is 9.40. The van der Waals surface area contributed by atoms with Crippen molar-refractivity contribution in [2.24, 2.45) is 11.8 Å². The predicted molar refractivity (Wildman–Crippen MR) is 122 cm³/mol. The Morgan fingerprint density at radius 3 is 2.09 bits per heavy atom. The van der Waals surface area contributed by atoms with Crippen molar-refractivity contribution in [3.8, 4) is 0 Å². The minimum absolute atomic E-state index is 0.161. The molecule has 0 radical (unpaired) electrons. The van der Waals surface area contributed by atoms with Crippen molar-refractivity contribution in [2.75, 3.05) is 4.90 Å². The Morgan fingerprint density at radius 2 is 1.55 bits per heavy atom. The number of carbonyl (C=O) groups is 3. The van der Waals surface area contributed by atoms with Crippen molar-refractivity contribution in [1.82, 2.24) is 0 Å². The van der Waals surface area contributed by atoms with E-state index in [9.17, 15) is 24.5 Å². The number of imide groups is 1. The molecule has 0 spiro atoms. The molecule has 0 unspecified atom stereocenters. The molecule has 2 bridgehead atoms. The van der Waals surface area contributed by atoms with Crippen molar-refractivity contribution in [3.05, 3.63) is 104 Å². The quantitative estimate of drug-likeness (QED) is 0.232. The van der Waals surface area contributed by atoms with Gasteiger partial charge in [0.1, 0.15) is 6.29 Å². The molecule has 3 aromatic rings. The fourth-order valence-electron chi connectivity index (χ4n) is 6.06. The molecule has 0 saturated carbocycles. The average molecular weight is 503 g/mol. The summed E-state index contributed by atoms with van der Waals surface area (Å²) in [7, 11) is 0. The summed E-state index contributed by atoms with van der Waals surface area (Å²) in [5.41, 5.74) is 2.09. The number of halogens is 1. The van der Waals surface area contributed by atoms with Crippen molar-refractivity contribution in [2.45, 2.75) is 11.3 Å². The fraction of sp³-hybridized carbons (Fsp3) is 0.160. The van der Waals surface area contributed by atoms with Gasteiger partial charge in [-0.25, -0.2) is 4.90 Å². The third kappa shape index (κ3) is 2.31. The number of hydrogen-bond acceptors (Lipinski definition) is 5. The summed E-state index contributed by atoms with van der Waals surface area (Å²) in [4.78, 5) is 52.3. The highest BCUT2D eigenvalue weighted by Gasteiger charge is 2.68. The Balaban J connectivity index is 1.60. The Bertz CT molecular complexity index is 1370. The van der Waals surface area contributed by atoms with Gasteiger partial charge in [-0.3, -0.25) is 19.7 Å². The standard InChI is InChI=1S/C25H15BrN2O5/c26-18-11-13(28(32)33)9-10-19(18)27-23(30)21-20-14-5-1-3-7-16(14)25(12-29,22(21)24(27)31)17-8-4-2-6-15(17)20/h1-12,20-22H/t20?,21-,22-,25?/m1/s1. The van der Waals surface area contributed by atoms with Crippen LogP contribution < -0.4 is 4.90 Å². The number of aldehydes is 1. The van der Waals surface area contributed by atoms with Crippen LogP contribution in [0, 0.1) is 22.0 Å². The zero-order chi connectivity index (χ0) is 23.1. The first-order valence-electron chi connectivity index (χ1n) is 10.4. The average Bonchev–Trinajstić information content (AvgIpc) is 3.10. The molecule has 8 heteroatoms. The minimum Gasteiger partial charge on any atom is -0.302 e. The lowest BCUT2D eigenvalue weighted by molar-refractivity contribution is -0.384. The summed E-state index contributed by atoms with van der Waals surface area (Å²) in [5, 5.41) is 11.1. The van der Waals surface area contributed by atoms with E-state index in [0.717, 1.165) is 33.4 Å². The molecular weight excluding hydrogens is 488 g/mol. The van der Waals surface area contributed by atoms with Gasteiger partial charge < -0.3 is 4.79 Å². The molecule has 3 aromatic carbocycles. The third-order valence-corrected chi connectivity index (χ3v) is 7.89. The van der Waals surface area contributed by atoms with Crippen molar-refractivity contribution in [3.63, 3.8) is 0 Å². The van der Waals surface area contributed by atoms with Crippen LogP contribution in [0.2, 0.25) is 0 Å². The van der Waals surface area contributed by atoms with Gasteiger partial charge in [0, 0.05) is 22.5 Å². The van der Waals surface area contributed by atoms with Gasteiger partial charge >= 0.3 is 0 Å². The van der Waals surface area contributed by atoms with E-state index in [4.69, 9.17) is 0 Å². The zero-order valence-electron chi connectivity index (χ0n) is 17.0. The molecule has 2 atom stereocenters. The number of benzene rings is 3. The molecule has 3 aliphatic carbocycles. The molecule has 1 heterocycles. The van der Waals surface area contributed by atoms with Crippen LogP contribution in [0.4, 0.5) is 11.4 Å². The summed E-state index contributed by atoms with van der Waals surface area (Å²) < 4.78 is 0.263. The van der Waals surface area contributed by atoms with Crippen LogP contribution in [-0.2, 0) is 19.8 Å². The Labute approximate surface area is 196 Å². The number of hydrogen-bond donors (Lipinski definition) is 0. The topological polar surface area (TPSA) is 97.6 Å². The number of rotatable bonds is 3. The van der Waals surface area contributed by atoms with Crippen molar-refractivity contribution >= 4 is 45.4 Å². The van der Waals surface area contributed by atoms with Gasteiger partial charge in [0.25, 0.3) is 5.69 Å². The third-order valence-electron chi connectivity index (χ3n) is 7.25. The highest BCUT2D eigenvalue weighted by Crippen LogP contribution is 2.63. The largest absolute Gasteiger partial charge is 0.302 e. The Hall–Kier alpha value is -3.65. The predicted octanol–water partition coefficient (Wildman–Crippen LogP) is 4.11. The Morgan fingerprint density at radius 1 is 0.939 bits per heavy atom. The van der Waals surface area contributed by atoms with E-state index in [1.165, 1.54) is 18.2 Å². The van der Waals surface area contributed by atoms with E-state index in [1.807, 2.05) is 48.5 Å². The molecular formula is C25H15BrN2O5. The van der Waals surface area contributed by atoms with E-state index in [-0.39, 0.29) is 21.8 Å². The lowest BCUT2D eigenvalue weighted by Crippen LogP contribution is -2.54. The number of nitrogens with zero attached hydrogens (tertiary/aromatic N) is 2. The van der Waals surface area contributed by atoms with Crippen LogP contribution in [0.1, 0.15) is 28.2 Å². The van der Waals surface area contributed by atoms with Gasteiger partial charge in [-0.05, 0) is 44.3 Å². The van der Waals surface area contributed by atoms with Crippen LogP contribution >= 0.6 is 15.9 Å². The molecule has 1 saturated heterocycles. The van der Waals surface area contributed by atoms with Crippen molar-refractivity contribution in [1.29, 1.82) is 0 Å². The maximum atomic E-state index is 13.9. The smallest absolute Gasteiger partial charge is 0.270 e. The maximum Gasteiger partial charge on any atom is 0.270 e. The molecule has 33 heavy (non-hydrogen) atoms. The van der Waals surface area contributed by atoms with E-state index in [0.29, 0.717) is 0 Å². The first-order valence-corrected chi connectivity index (χ1v) is 11.2. The van der Waals surface area contributed by atoms with Crippen molar-refractivity contribution < 1.29 is 19.3 Å². The molecule has 1 fully saturated rings. The first-order chi connectivity index (χ1) is 15.9. The molecule has 4 aliphatic rings. The SMILES string of the molecule is O=CC12c3ccccc3C(c3ccccc31)[C@H]1C(=O)N(c3ccc([N+](=O)[O-])cc3Br)C(=O)[C@@H]12. The van der Waals surface area contributed by atoms with Gasteiger partial charge in [-0.2, -0.15) is 0 Å². The number of anilines is 1. The molecule has 0 aromatic heterocycles. The van der Waals surface area contributed by atoms with E-state index >= 15 is 0 Å². The normalized spacial score (nSPS) is 26.6. The summed E-state index contributed by atoms with van der Waals surface area (Å²) in [6, 6.07) is 18.9. The number of amides is 2. The lowest BCUT2D eigenvalue weighted by atomic mass is 9.48. The highest BCUT2D eigenvalue weighted by molar-refractivity contribution is 9.10. The van der Waals surface area contributed by atoms with Gasteiger partial charge in [0.2, 0.25) is 11.8 Å².